The summed E-state index contributed by atoms with van der Waals surface area (Å²) >= 11 is 0. The Morgan fingerprint density at radius 2 is 0.519 bits per heavy atom. The van der Waals surface area contributed by atoms with Crippen molar-refractivity contribution in [1.82, 2.24) is 13.7 Å². The van der Waals surface area contributed by atoms with Gasteiger partial charge in [0.15, 0.2) is 0 Å². The fourth-order valence-electron chi connectivity index (χ4n) is 12.6. The van der Waals surface area contributed by atoms with E-state index in [2.05, 4.69) is 125 Å². The highest BCUT2D eigenvalue weighted by Crippen LogP contribution is 2.49. The van der Waals surface area contributed by atoms with Gasteiger partial charge in [-0.3, -0.25) is 0 Å². The lowest BCUT2D eigenvalue weighted by Gasteiger charge is -2.13. The zero-order valence-electron chi connectivity index (χ0n) is 49.3. The third kappa shape index (κ3) is 15.7. The first-order valence-corrected chi connectivity index (χ1v) is 31.4. The Kier molecular flexibility index (Phi) is 24.6. The van der Waals surface area contributed by atoms with Crippen LogP contribution in [0.4, 0.5) is 0 Å². The molecular formula is C72H87N9. The normalized spacial score (nSPS) is 11.2. The number of benzene rings is 4. The van der Waals surface area contributed by atoms with Crippen LogP contribution in [0.1, 0.15) is 230 Å². The summed E-state index contributed by atoms with van der Waals surface area (Å²) < 4.78 is 7.66. The van der Waals surface area contributed by atoms with Crippen molar-refractivity contribution in [3.05, 3.63) is 88.0 Å². The molecule has 0 saturated carbocycles. The van der Waals surface area contributed by atoms with E-state index in [0.29, 0.717) is 0 Å². The number of rotatable bonds is 36. The molecule has 0 saturated heterocycles. The molecule has 0 spiro atoms. The molecule has 0 fully saturated rings. The molecule has 0 N–H and O–H groups in total. The Bertz CT molecular complexity index is 3140. The number of allylic oxidation sites excluding steroid dienone is 3. The van der Waals surface area contributed by atoms with Crippen LogP contribution in [-0.4, -0.2) is 13.7 Å². The van der Waals surface area contributed by atoms with Gasteiger partial charge in [-0.05, 0) is 72.4 Å². The maximum atomic E-state index is 9.96. The molecule has 420 valence electrons. The van der Waals surface area contributed by atoms with E-state index in [9.17, 15) is 31.6 Å². The predicted octanol–water partition coefficient (Wildman–Crippen LogP) is 21.1. The van der Waals surface area contributed by atoms with E-state index in [0.717, 1.165) is 108 Å². The highest BCUT2D eigenvalue weighted by atomic mass is 15.0. The van der Waals surface area contributed by atoms with Gasteiger partial charge in [0.1, 0.15) is 53.1 Å². The van der Waals surface area contributed by atoms with Crippen molar-refractivity contribution in [2.24, 2.45) is 0 Å². The number of aryl methyl sites for hydroxylation is 3. The van der Waals surface area contributed by atoms with Gasteiger partial charge in [-0.2, -0.15) is 31.6 Å². The minimum absolute atomic E-state index is 0.0600. The Hall–Kier alpha value is -7.56. The molecule has 7 rings (SSSR count). The van der Waals surface area contributed by atoms with Gasteiger partial charge in [0, 0.05) is 68.5 Å². The Morgan fingerprint density at radius 1 is 0.309 bits per heavy atom. The van der Waals surface area contributed by atoms with Crippen LogP contribution in [-0.2, 0) is 19.6 Å². The van der Waals surface area contributed by atoms with Crippen LogP contribution in [0, 0.1) is 68.0 Å². The number of nitrogens with zero attached hydrogens (tertiary/aromatic N) is 9. The number of fused-ring (bicyclic) bond motifs is 12. The fourth-order valence-corrected chi connectivity index (χ4v) is 12.6. The van der Waals surface area contributed by atoms with Crippen molar-refractivity contribution in [3.63, 3.8) is 0 Å². The lowest BCUT2D eigenvalue weighted by molar-refractivity contribution is 0.541. The summed E-state index contributed by atoms with van der Waals surface area (Å²) in [5.41, 5.74) is 9.28. The SMILES string of the molecule is CCCCCCCCCCCCn1c2cc(C=C(C#N)C#N)ccc2c2c1c1c3ccc(C=C(C#N)C#N)cc3n(CCCCCCCCCCCC)c1c1c3ccc(C=C(C#N)C#N)cc3n(CCCCCCCCCCCC)c21. The largest absolute Gasteiger partial charge is 0.340 e. The van der Waals surface area contributed by atoms with E-state index in [1.165, 1.54) is 187 Å². The van der Waals surface area contributed by atoms with Crippen molar-refractivity contribution >= 4 is 83.6 Å². The van der Waals surface area contributed by atoms with E-state index in [1.54, 1.807) is 18.2 Å². The van der Waals surface area contributed by atoms with Gasteiger partial charge in [-0.25, -0.2) is 0 Å². The molecule has 0 unspecified atom stereocenters. The highest BCUT2D eigenvalue weighted by Gasteiger charge is 2.28. The van der Waals surface area contributed by atoms with Crippen LogP contribution < -0.4 is 0 Å². The molecule has 7 aromatic rings. The lowest BCUT2D eigenvalue weighted by atomic mass is 10.0. The standard InChI is InChI=1S/C72H87N9/c1-4-7-10-13-16-19-22-25-28-31-40-79-64-46-55(43-58(49-73)50-74)34-37-61(64)67-70(79)68-62-38-35-56(44-59(51-75)52-76)47-65(62)80(41-32-29-26-23-20-17-14-11-8-5-2)72(68)69-63-39-36-57(45-60(53-77)54-78)48-66(63)81(71(67)69)42-33-30-27-24-21-18-15-12-9-6-3/h34-39,43-48H,4-33,40-42H2,1-3H3. The van der Waals surface area contributed by atoms with Crippen LogP contribution in [0.2, 0.25) is 0 Å². The second-order valence-corrected chi connectivity index (χ2v) is 22.8. The van der Waals surface area contributed by atoms with Crippen molar-refractivity contribution in [2.75, 3.05) is 0 Å². The second-order valence-electron chi connectivity index (χ2n) is 22.8. The molecule has 0 aliphatic heterocycles. The van der Waals surface area contributed by atoms with Crippen molar-refractivity contribution in [2.45, 2.75) is 233 Å². The topological polar surface area (TPSA) is 158 Å². The van der Waals surface area contributed by atoms with Gasteiger partial charge in [0.2, 0.25) is 0 Å². The smallest absolute Gasteiger partial charge is 0.130 e. The summed E-state index contributed by atoms with van der Waals surface area (Å²) in [6.07, 6.45) is 41.9. The van der Waals surface area contributed by atoms with E-state index in [4.69, 9.17) is 0 Å². The van der Waals surface area contributed by atoms with E-state index >= 15 is 0 Å². The lowest BCUT2D eigenvalue weighted by Crippen LogP contribution is -2.02. The second kappa shape index (κ2) is 32.6. The van der Waals surface area contributed by atoms with Crippen molar-refractivity contribution in [1.29, 1.82) is 31.6 Å². The summed E-state index contributed by atoms with van der Waals surface area (Å²) in [6, 6.07) is 31.9. The zero-order chi connectivity index (χ0) is 57.2. The maximum absolute atomic E-state index is 9.96. The van der Waals surface area contributed by atoms with Crippen LogP contribution in [0.25, 0.3) is 83.6 Å². The first kappa shape index (κ1) is 61.1. The summed E-state index contributed by atoms with van der Waals surface area (Å²) in [4.78, 5) is 0. The molecular weight excluding hydrogens is 991 g/mol. The van der Waals surface area contributed by atoms with E-state index in [1.807, 2.05) is 0 Å². The molecule has 0 aliphatic rings. The monoisotopic (exact) mass is 1080 g/mol. The molecule has 3 aromatic heterocycles. The minimum atomic E-state index is 0.0600. The Labute approximate surface area is 484 Å². The van der Waals surface area contributed by atoms with Gasteiger partial charge in [-0.1, -0.05) is 231 Å². The van der Waals surface area contributed by atoms with Gasteiger partial charge in [0.25, 0.3) is 0 Å². The first-order chi connectivity index (χ1) is 39.9. The fraction of sp³-hybridized carbons (Fsp3) is 0.500. The minimum Gasteiger partial charge on any atom is -0.340 e. The van der Waals surface area contributed by atoms with E-state index < -0.39 is 0 Å². The Morgan fingerprint density at radius 3 is 0.728 bits per heavy atom. The number of aromatic nitrogens is 3. The maximum Gasteiger partial charge on any atom is 0.130 e. The average molecular weight is 1080 g/mol. The molecule has 81 heavy (non-hydrogen) atoms. The number of nitriles is 6. The first-order valence-electron chi connectivity index (χ1n) is 31.4. The predicted molar refractivity (Wildman–Crippen MR) is 339 cm³/mol. The molecule has 0 radical (unpaired) electrons. The average Bonchev–Trinajstić information content (AvgIpc) is 4.17. The molecule has 9 nitrogen and oxygen atoms in total. The molecule has 4 aromatic carbocycles. The molecule has 0 aliphatic carbocycles. The van der Waals surface area contributed by atoms with Gasteiger partial charge in [-0.15, -0.1) is 0 Å². The van der Waals surface area contributed by atoms with Crippen molar-refractivity contribution < 1.29 is 0 Å². The zero-order valence-corrected chi connectivity index (χ0v) is 49.3. The van der Waals surface area contributed by atoms with Crippen molar-refractivity contribution in [3.8, 4) is 36.4 Å². The molecule has 0 bridgehead atoms. The highest BCUT2D eigenvalue weighted by molar-refractivity contribution is 6.39. The number of hydrogen-bond acceptors (Lipinski definition) is 6. The van der Waals surface area contributed by atoms with Crippen LogP contribution >= 0.6 is 0 Å². The summed E-state index contributed by atoms with van der Waals surface area (Å²) in [6.45, 7) is 9.16. The van der Waals surface area contributed by atoms with E-state index in [-0.39, 0.29) is 16.7 Å². The summed E-state index contributed by atoms with van der Waals surface area (Å²) in [5, 5.41) is 66.6. The van der Waals surface area contributed by atoms with Gasteiger partial charge < -0.3 is 13.7 Å². The Balaban J connectivity index is 1.51. The summed E-state index contributed by atoms with van der Waals surface area (Å²) in [7, 11) is 0. The van der Waals surface area contributed by atoms with Crippen LogP contribution in [0.3, 0.4) is 0 Å². The number of hydrogen-bond donors (Lipinski definition) is 0. The molecule has 3 heterocycles. The summed E-state index contributed by atoms with van der Waals surface area (Å²) in [5.74, 6) is 0. The molecule has 9 heteroatoms. The van der Waals surface area contributed by atoms with Gasteiger partial charge >= 0.3 is 0 Å². The molecule has 0 atom stereocenters. The third-order valence-electron chi connectivity index (χ3n) is 16.8. The molecule has 0 amide bonds. The number of unbranched alkanes of at least 4 members (excludes halogenated alkanes) is 27. The van der Waals surface area contributed by atoms with Gasteiger partial charge in [0.05, 0.1) is 16.6 Å². The van der Waals surface area contributed by atoms with Crippen LogP contribution in [0.15, 0.2) is 71.3 Å². The third-order valence-corrected chi connectivity index (χ3v) is 16.8. The van der Waals surface area contributed by atoms with Crippen LogP contribution in [0.5, 0.6) is 0 Å². The quantitative estimate of drug-likeness (QED) is 0.0281.